The summed E-state index contributed by atoms with van der Waals surface area (Å²) < 4.78 is 7.45. The highest BCUT2D eigenvalue weighted by molar-refractivity contribution is 6.26. The van der Waals surface area contributed by atoms with Crippen molar-refractivity contribution in [2.24, 2.45) is 0 Å². The van der Waals surface area contributed by atoms with Crippen LogP contribution in [-0.2, 0) is 0 Å². The summed E-state index contributed by atoms with van der Waals surface area (Å²) >= 11 is 0. The summed E-state index contributed by atoms with van der Waals surface area (Å²) in [6, 6.07) is 77.4. The third kappa shape index (κ3) is 4.60. The van der Waals surface area contributed by atoms with Gasteiger partial charge < -0.3 is 13.7 Å². The van der Waals surface area contributed by atoms with Crippen molar-refractivity contribution in [3.05, 3.63) is 212 Å². The van der Waals surface area contributed by atoms with E-state index in [0.29, 0.717) is 0 Å². The number of para-hydroxylation sites is 7. The highest BCUT2D eigenvalue weighted by atomic mass is 15.0. The van der Waals surface area contributed by atoms with Crippen molar-refractivity contribution >= 4 is 65.4 Å². The van der Waals surface area contributed by atoms with E-state index < -0.39 is 0 Å². The lowest BCUT2D eigenvalue weighted by Gasteiger charge is -2.21. The minimum atomic E-state index is 1.14. The highest BCUT2D eigenvalue weighted by Crippen LogP contribution is 2.46. The number of fused-ring (bicyclic) bond motifs is 10. The van der Waals surface area contributed by atoms with Crippen LogP contribution in [0.1, 0.15) is 0 Å². The molecule has 0 amide bonds. The monoisotopic (exact) mass is 725 g/mol. The van der Waals surface area contributed by atoms with E-state index in [9.17, 15) is 0 Å². The standard InChI is InChI=1S/C54H35N3/c1-3-18-36(19-4-1)38-27-17-28-43(53(38)56-46-29-12-7-22-39(46)40-23-8-13-30-47(40)56)41-24-9-14-31-48(41)57-49-32-15-10-25-42(49)44-34-35-51-52(54(44)57)45-26-11-16-33-50(45)55(51)37-20-5-2-6-21-37/h1-35H. The topological polar surface area (TPSA) is 14.8 Å². The maximum atomic E-state index is 2.54. The average molecular weight is 726 g/mol. The van der Waals surface area contributed by atoms with Gasteiger partial charge in [0.15, 0.2) is 0 Å². The van der Waals surface area contributed by atoms with Gasteiger partial charge in [0.25, 0.3) is 0 Å². The van der Waals surface area contributed by atoms with Gasteiger partial charge in [0, 0.05) is 54.7 Å². The molecule has 12 aromatic rings. The molecule has 0 radical (unpaired) electrons. The first kappa shape index (κ1) is 31.7. The second-order valence-corrected chi connectivity index (χ2v) is 14.9. The summed E-state index contributed by atoms with van der Waals surface area (Å²) in [4.78, 5) is 0. The zero-order valence-corrected chi connectivity index (χ0v) is 31.0. The van der Waals surface area contributed by atoms with Crippen LogP contribution in [0.5, 0.6) is 0 Å². The summed E-state index contributed by atoms with van der Waals surface area (Å²) in [5.41, 5.74) is 15.3. The fourth-order valence-electron chi connectivity index (χ4n) is 9.53. The molecule has 12 rings (SSSR count). The fourth-order valence-corrected chi connectivity index (χ4v) is 9.53. The smallest absolute Gasteiger partial charge is 0.0641 e. The summed E-state index contributed by atoms with van der Waals surface area (Å²) in [5, 5.41) is 7.45. The van der Waals surface area contributed by atoms with Crippen molar-refractivity contribution in [1.82, 2.24) is 13.7 Å². The van der Waals surface area contributed by atoms with Gasteiger partial charge in [-0.2, -0.15) is 0 Å². The first-order chi connectivity index (χ1) is 28.3. The molecule has 0 spiro atoms. The highest BCUT2D eigenvalue weighted by Gasteiger charge is 2.25. The van der Waals surface area contributed by atoms with Crippen molar-refractivity contribution < 1.29 is 0 Å². The molecule has 266 valence electrons. The molecule has 3 heteroatoms. The summed E-state index contributed by atoms with van der Waals surface area (Å²) in [5.74, 6) is 0. The molecule has 0 aliphatic rings. The van der Waals surface area contributed by atoms with Gasteiger partial charge in [-0.15, -0.1) is 0 Å². The van der Waals surface area contributed by atoms with Crippen LogP contribution in [0.15, 0.2) is 212 Å². The lowest BCUT2D eigenvalue weighted by molar-refractivity contribution is 1.16. The summed E-state index contributed by atoms with van der Waals surface area (Å²) in [7, 11) is 0. The molecule has 3 heterocycles. The van der Waals surface area contributed by atoms with E-state index in [1.54, 1.807) is 0 Å². The van der Waals surface area contributed by atoms with Gasteiger partial charge in [-0.25, -0.2) is 0 Å². The Balaban J connectivity index is 1.24. The van der Waals surface area contributed by atoms with Gasteiger partial charge in [-0.05, 0) is 54.1 Å². The van der Waals surface area contributed by atoms with Crippen molar-refractivity contribution in [2.75, 3.05) is 0 Å². The molecule has 0 atom stereocenters. The molecule has 0 fully saturated rings. The molecule has 0 saturated heterocycles. The molecular formula is C54H35N3. The molecule has 3 aromatic heterocycles. The Kier molecular flexibility index (Phi) is 6.93. The molecule has 9 aromatic carbocycles. The number of aromatic nitrogens is 3. The molecule has 57 heavy (non-hydrogen) atoms. The van der Waals surface area contributed by atoms with Gasteiger partial charge >= 0.3 is 0 Å². The Morgan fingerprint density at radius 3 is 1.44 bits per heavy atom. The van der Waals surface area contributed by atoms with Crippen LogP contribution >= 0.6 is 0 Å². The lowest BCUT2D eigenvalue weighted by Crippen LogP contribution is -2.03. The van der Waals surface area contributed by atoms with Gasteiger partial charge in [0.05, 0.1) is 44.5 Å². The van der Waals surface area contributed by atoms with E-state index in [2.05, 4.69) is 226 Å². The maximum Gasteiger partial charge on any atom is 0.0641 e. The second kappa shape index (κ2) is 12.5. The molecule has 0 aliphatic carbocycles. The Hall–Kier alpha value is -7.62. The molecule has 3 nitrogen and oxygen atoms in total. The number of hydrogen-bond acceptors (Lipinski definition) is 0. The van der Waals surface area contributed by atoms with E-state index in [-0.39, 0.29) is 0 Å². The Labute approximate surface area is 329 Å². The van der Waals surface area contributed by atoms with E-state index >= 15 is 0 Å². The van der Waals surface area contributed by atoms with Crippen LogP contribution in [0.4, 0.5) is 0 Å². The zero-order valence-electron chi connectivity index (χ0n) is 31.0. The predicted molar refractivity (Wildman–Crippen MR) is 240 cm³/mol. The third-order valence-electron chi connectivity index (χ3n) is 11.8. The fraction of sp³-hybridized carbons (Fsp3) is 0. The Morgan fingerprint density at radius 1 is 0.263 bits per heavy atom. The van der Waals surface area contributed by atoms with Crippen LogP contribution in [0, 0.1) is 0 Å². The Morgan fingerprint density at radius 2 is 0.754 bits per heavy atom. The second-order valence-electron chi connectivity index (χ2n) is 14.9. The maximum absolute atomic E-state index is 2.54. The van der Waals surface area contributed by atoms with Gasteiger partial charge in [0.1, 0.15) is 0 Å². The zero-order chi connectivity index (χ0) is 37.5. The van der Waals surface area contributed by atoms with Crippen molar-refractivity contribution in [3.8, 4) is 39.3 Å². The summed E-state index contributed by atoms with van der Waals surface area (Å²) in [6.45, 7) is 0. The van der Waals surface area contributed by atoms with Crippen molar-refractivity contribution in [3.63, 3.8) is 0 Å². The van der Waals surface area contributed by atoms with E-state index in [1.165, 1.54) is 93.4 Å². The van der Waals surface area contributed by atoms with Crippen molar-refractivity contribution in [1.29, 1.82) is 0 Å². The van der Waals surface area contributed by atoms with Crippen molar-refractivity contribution in [2.45, 2.75) is 0 Å². The molecular weight excluding hydrogens is 691 g/mol. The number of rotatable bonds is 5. The number of hydrogen-bond donors (Lipinski definition) is 0. The largest absolute Gasteiger partial charge is 0.309 e. The SMILES string of the molecule is c1ccc(-c2cccc(-c3ccccc3-n3c4ccccc4c4ccc5c(c6ccccc6n5-c5ccccc5)c43)c2-n2c3ccccc3c3ccccc32)cc1. The third-order valence-corrected chi connectivity index (χ3v) is 11.8. The first-order valence-corrected chi connectivity index (χ1v) is 19.6. The van der Waals surface area contributed by atoms with Gasteiger partial charge in [-0.1, -0.05) is 164 Å². The molecule has 0 saturated carbocycles. The normalized spacial score (nSPS) is 11.9. The van der Waals surface area contributed by atoms with E-state index in [1.807, 2.05) is 0 Å². The minimum Gasteiger partial charge on any atom is -0.309 e. The lowest BCUT2D eigenvalue weighted by atomic mass is 9.94. The van der Waals surface area contributed by atoms with Gasteiger partial charge in [-0.3, -0.25) is 0 Å². The van der Waals surface area contributed by atoms with Gasteiger partial charge in [0.2, 0.25) is 0 Å². The average Bonchev–Trinajstić information content (AvgIpc) is 3.92. The van der Waals surface area contributed by atoms with E-state index in [0.717, 1.165) is 11.4 Å². The van der Waals surface area contributed by atoms with Crippen LogP contribution in [0.25, 0.3) is 105 Å². The van der Waals surface area contributed by atoms with Crippen LogP contribution in [-0.4, -0.2) is 13.7 Å². The molecule has 0 aliphatic heterocycles. The molecule has 0 N–H and O–H groups in total. The van der Waals surface area contributed by atoms with Crippen LogP contribution in [0.3, 0.4) is 0 Å². The number of nitrogens with zero attached hydrogens (tertiary/aromatic N) is 3. The number of benzene rings is 9. The summed E-state index contributed by atoms with van der Waals surface area (Å²) in [6.07, 6.45) is 0. The molecule has 0 unspecified atom stereocenters. The molecule has 0 bridgehead atoms. The predicted octanol–water partition coefficient (Wildman–Crippen LogP) is 14.3. The first-order valence-electron chi connectivity index (χ1n) is 19.6. The van der Waals surface area contributed by atoms with Crippen LogP contribution in [0.2, 0.25) is 0 Å². The quantitative estimate of drug-likeness (QED) is 0.168. The van der Waals surface area contributed by atoms with Crippen LogP contribution < -0.4 is 0 Å². The van der Waals surface area contributed by atoms with E-state index in [4.69, 9.17) is 0 Å². The minimum absolute atomic E-state index is 1.14. The Bertz CT molecular complexity index is 3460.